The molecule has 0 spiro atoms. The highest BCUT2D eigenvalue weighted by Crippen LogP contribution is 2.31. The third-order valence-corrected chi connectivity index (χ3v) is 3.50. The zero-order valence-corrected chi connectivity index (χ0v) is 8.14. The monoisotopic (exact) mass is 196 g/mol. The van der Waals surface area contributed by atoms with Crippen molar-refractivity contribution in [3.8, 4) is 0 Å². The number of carbonyl (C=O) groups excluding carboxylic acids is 1. The van der Waals surface area contributed by atoms with Crippen LogP contribution < -0.4 is 0 Å². The molecule has 1 saturated heterocycles. The van der Waals surface area contributed by atoms with Crippen molar-refractivity contribution >= 4 is 18.0 Å². The van der Waals surface area contributed by atoms with Crippen LogP contribution in [0.25, 0.3) is 0 Å². The first-order valence-corrected chi connectivity index (χ1v) is 5.63. The number of thioether (sulfide) groups is 1. The lowest BCUT2D eigenvalue weighted by Crippen LogP contribution is -2.09. The topological polar surface area (TPSA) is 45.8 Å². The molecule has 4 heteroatoms. The second-order valence-corrected chi connectivity index (χ2v) is 4.47. The van der Waals surface area contributed by atoms with Gasteiger partial charge >= 0.3 is 0 Å². The van der Waals surface area contributed by atoms with Gasteiger partial charge in [-0.15, -0.1) is 0 Å². The van der Waals surface area contributed by atoms with Gasteiger partial charge in [0.25, 0.3) is 0 Å². The average Bonchev–Trinajstić information content (AvgIpc) is 2.67. The highest BCUT2D eigenvalue weighted by Gasteiger charge is 2.19. The van der Waals surface area contributed by atoms with Gasteiger partial charge in [0.1, 0.15) is 0 Å². The number of aromatic nitrogens is 2. The van der Waals surface area contributed by atoms with Crippen molar-refractivity contribution in [3.63, 3.8) is 0 Å². The van der Waals surface area contributed by atoms with Crippen LogP contribution in [0.1, 0.15) is 34.8 Å². The molecule has 0 amide bonds. The number of aromatic amines is 1. The highest BCUT2D eigenvalue weighted by atomic mass is 32.2. The predicted molar refractivity (Wildman–Crippen MR) is 53.3 cm³/mol. The molecule has 1 aliphatic rings. The van der Waals surface area contributed by atoms with Gasteiger partial charge in [-0.3, -0.25) is 9.89 Å². The minimum atomic E-state index is 0.518. The fourth-order valence-electron chi connectivity index (χ4n) is 1.71. The SMILES string of the molecule is O=Cc1cn[nH]c1C1CCSCC1. The van der Waals surface area contributed by atoms with Crippen LogP contribution in [-0.2, 0) is 0 Å². The maximum absolute atomic E-state index is 10.7. The van der Waals surface area contributed by atoms with E-state index >= 15 is 0 Å². The Morgan fingerprint density at radius 2 is 2.31 bits per heavy atom. The van der Waals surface area contributed by atoms with Crippen molar-refractivity contribution < 1.29 is 4.79 Å². The standard InChI is InChI=1S/C9H12N2OS/c12-6-8-5-10-11-9(8)7-1-3-13-4-2-7/h5-7H,1-4H2,(H,10,11). The zero-order valence-electron chi connectivity index (χ0n) is 7.32. The smallest absolute Gasteiger partial charge is 0.153 e. The number of nitrogens with one attached hydrogen (secondary N) is 1. The summed E-state index contributed by atoms with van der Waals surface area (Å²) in [6.07, 6.45) is 4.83. The lowest BCUT2D eigenvalue weighted by atomic mass is 9.96. The first-order chi connectivity index (χ1) is 6.42. The van der Waals surface area contributed by atoms with Gasteiger partial charge < -0.3 is 0 Å². The van der Waals surface area contributed by atoms with Gasteiger partial charge in [-0.25, -0.2) is 0 Å². The van der Waals surface area contributed by atoms with Crippen LogP contribution in [0.15, 0.2) is 6.20 Å². The first-order valence-electron chi connectivity index (χ1n) is 4.48. The van der Waals surface area contributed by atoms with E-state index in [0.29, 0.717) is 5.92 Å². The fraction of sp³-hybridized carbons (Fsp3) is 0.556. The molecule has 0 atom stereocenters. The van der Waals surface area contributed by atoms with Crippen LogP contribution in [0, 0.1) is 0 Å². The number of hydrogen-bond acceptors (Lipinski definition) is 3. The maximum atomic E-state index is 10.7. The lowest BCUT2D eigenvalue weighted by molar-refractivity contribution is 0.112. The largest absolute Gasteiger partial charge is 0.298 e. The van der Waals surface area contributed by atoms with E-state index in [-0.39, 0.29) is 0 Å². The van der Waals surface area contributed by atoms with Crippen LogP contribution in [0.3, 0.4) is 0 Å². The summed E-state index contributed by atoms with van der Waals surface area (Å²) in [4.78, 5) is 10.7. The summed E-state index contributed by atoms with van der Waals surface area (Å²) >= 11 is 1.99. The molecule has 13 heavy (non-hydrogen) atoms. The summed E-state index contributed by atoms with van der Waals surface area (Å²) < 4.78 is 0. The van der Waals surface area contributed by atoms with Gasteiger partial charge in [0.05, 0.1) is 11.8 Å². The molecule has 1 aromatic heterocycles. The molecule has 0 aromatic carbocycles. The summed E-state index contributed by atoms with van der Waals surface area (Å²) in [6, 6.07) is 0. The summed E-state index contributed by atoms with van der Waals surface area (Å²) in [5.74, 6) is 2.91. The lowest BCUT2D eigenvalue weighted by Gasteiger charge is -2.20. The van der Waals surface area contributed by atoms with Crippen LogP contribution in [0.4, 0.5) is 0 Å². The summed E-state index contributed by atoms with van der Waals surface area (Å²) in [7, 11) is 0. The van der Waals surface area contributed by atoms with E-state index in [0.717, 1.165) is 30.4 Å². The molecule has 1 N–H and O–H groups in total. The Balaban J connectivity index is 2.17. The Morgan fingerprint density at radius 1 is 1.54 bits per heavy atom. The molecule has 0 radical (unpaired) electrons. The van der Waals surface area contributed by atoms with Gasteiger partial charge in [0.2, 0.25) is 0 Å². The number of nitrogens with zero attached hydrogens (tertiary/aromatic N) is 1. The van der Waals surface area contributed by atoms with Crippen molar-refractivity contribution in [2.24, 2.45) is 0 Å². The van der Waals surface area contributed by atoms with E-state index < -0.39 is 0 Å². The highest BCUT2D eigenvalue weighted by molar-refractivity contribution is 7.99. The van der Waals surface area contributed by atoms with E-state index in [1.54, 1.807) is 6.20 Å². The Labute approximate surface area is 81.3 Å². The normalized spacial score (nSPS) is 18.8. The first kappa shape index (κ1) is 8.81. The van der Waals surface area contributed by atoms with Crippen LogP contribution in [-0.4, -0.2) is 28.0 Å². The number of hydrogen-bond donors (Lipinski definition) is 1. The van der Waals surface area contributed by atoms with E-state index in [4.69, 9.17) is 0 Å². The number of rotatable bonds is 2. The molecule has 70 valence electrons. The van der Waals surface area contributed by atoms with E-state index in [2.05, 4.69) is 10.2 Å². The third kappa shape index (κ3) is 1.77. The third-order valence-electron chi connectivity index (χ3n) is 2.46. The van der Waals surface area contributed by atoms with Gasteiger partial charge in [0.15, 0.2) is 6.29 Å². The van der Waals surface area contributed by atoms with Gasteiger partial charge in [-0.1, -0.05) is 0 Å². The van der Waals surface area contributed by atoms with Crippen LogP contribution >= 0.6 is 11.8 Å². The quantitative estimate of drug-likeness (QED) is 0.734. The van der Waals surface area contributed by atoms with Crippen molar-refractivity contribution in [3.05, 3.63) is 17.5 Å². The Bertz CT molecular complexity index is 292. The molecular formula is C9H12N2OS. The molecule has 1 aromatic rings. The van der Waals surface area contributed by atoms with Crippen LogP contribution in [0.5, 0.6) is 0 Å². The molecule has 3 nitrogen and oxygen atoms in total. The fourth-order valence-corrected chi connectivity index (χ4v) is 2.82. The Morgan fingerprint density at radius 3 is 3.00 bits per heavy atom. The molecule has 1 fully saturated rings. The molecule has 0 bridgehead atoms. The predicted octanol–water partition coefficient (Wildman–Crippen LogP) is 1.83. The maximum Gasteiger partial charge on any atom is 0.153 e. The molecule has 0 saturated carbocycles. The molecule has 0 aliphatic carbocycles. The summed E-state index contributed by atoms with van der Waals surface area (Å²) in [5, 5.41) is 6.84. The number of aldehydes is 1. The minimum Gasteiger partial charge on any atom is -0.298 e. The van der Waals surface area contributed by atoms with E-state index in [9.17, 15) is 4.79 Å². The molecule has 0 unspecified atom stereocenters. The van der Waals surface area contributed by atoms with Gasteiger partial charge in [-0.05, 0) is 24.3 Å². The second-order valence-electron chi connectivity index (χ2n) is 3.24. The average molecular weight is 196 g/mol. The molecular weight excluding hydrogens is 184 g/mol. The zero-order chi connectivity index (χ0) is 9.10. The Kier molecular flexibility index (Phi) is 2.68. The van der Waals surface area contributed by atoms with Crippen LogP contribution in [0.2, 0.25) is 0 Å². The van der Waals surface area contributed by atoms with Gasteiger partial charge in [0, 0.05) is 11.6 Å². The molecule has 1 aliphatic heterocycles. The van der Waals surface area contributed by atoms with Crippen molar-refractivity contribution in [2.75, 3.05) is 11.5 Å². The van der Waals surface area contributed by atoms with Crippen molar-refractivity contribution in [1.29, 1.82) is 0 Å². The minimum absolute atomic E-state index is 0.518. The van der Waals surface area contributed by atoms with E-state index in [1.807, 2.05) is 11.8 Å². The summed E-state index contributed by atoms with van der Waals surface area (Å²) in [5.41, 5.74) is 1.77. The van der Waals surface area contributed by atoms with Gasteiger partial charge in [-0.2, -0.15) is 16.9 Å². The molecule has 2 rings (SSSR count). The Hall–Kier alpha value is -0.770. The summed E-state index contributed by atoms with van der Waals surface area (Å²) in [6.45, 7) is 0. The van der Waals surface area contributed by atoms with Crippen molar-refractivity contribution in [2.45, 2.75) is 18.8 Å². The van der Waals surface area contributed by atoms with E-state index in [1.165, 1.54) is 11.5 Å². The number of carbonyl (C=O) groups is 1. The molecule has 2 heterocycles. The number of H-pyrrole nitrogens is 1. The van der Waals surface area contributed by atoms with Crippen molar-refractivity contribution in [1.82, 2.24) is 10.2 Å². The second kappa shape index (κ2) is 3.96.